The van der Waals surface area contributed by atoms with Crippen LogP contribution in [-0.4, -0.2) is 13.0 Å². The van der Waals surface area contributed by atoms with E-state index in [0.717, 1.165) is 22.4 Å². The zero-order valence-corrected chi connectivity index (χ0v) is 16.6. The van der Waals surface area contributed by atoms with E-state index in [1.165, 1.54) is 11.1 Å². The molecule has 1 amide bonds. The minimum Gasteiger partial charge on any atom is -0.315 e. The summed E-state index contributed by atoms with van der Waals surface area (Å²) in [5.41, 5.74) is 6.90. The smallest absolute Gasteiger partial charge is 0.235 e. The molecule has 0 fully saturated rings. The van der Waals surface area contributed by atoms with Crippen molar-refractivity contribution in [3.8, 4) is 0 Å². The number of hydrogen-bond donors (Lipinski definition) is 0. The van der Waals surface area contributed by atoms with Crippen LogP contribution in [0, 0.1) is 13.8 Å². The molecule has 1 aliphatic rings. The Morgan fingerprint density at radius 3 is 2.14 bits per heavy atom. The van der Waals surface area contributed by atoms with Crippen LogP contribution in [-0.2, 0) is 4.79 Å². The molecule has 0 aromatic heterocycles. The number of fused-ring (bicyclic) bond motifs is 1. The van der Waals surface area contributed by atoms with Gasteiger partial charge in [-0.15, -0.1) is 0 Å². The second-order valence-electron chi connectivity index (χ2n) is 7.64. The Bertz CT molecular complexity index is 1020. The third-order valence-corrected chi connectivity index (χ3v) is 5.62. The van der Waals surface area contributed by atoms with Gasteiger partial charge in [-0.3, -0.25) is 4.79 Å². The molecule has 0 radical (unpaired) electrons. The Hall–Kier alpha value is -3.13. The van der Waals surface area contributed by atoms with E-state index in [1.54, 1.807) is 4.90 Å². The van der Waals surface area contributed by atoms with Crippen LogP contribution >= 0.6 is 0 Å². The molecule has 0 N–H and O–H groups in total. The van der Waals surface area contributed by atoms with Gasteiger partial charge in [-0.2, -0.15) is 0 Å². The predicted octanol–water partition coefficient (Wildman–Crippen LogP) is 5.86. The monoisotopic (exact) mass is 367 g/mol. The molecule has 1 heterocycles. The number of para-hydroxylation sites is 1. The molecule has 0 spiro atoms. The maximum atomic E-state index is 13.2. The molecule has 4 rings (SSSR count). The SMILES string of the molecule is Cc1ccc(/C=C/[C@@H](c2ccc(C)cc2)[C@H]2C(=O)N(C)c3ccccc32)cc1. The Kier molecular flexibility index (Phi) is 4.87. The fraction of sp³-hybridized carbons (Fsp3) is 0.192. The third-order valence-electron chi connectivity index (χ3n) is 5.62. The van der Waals surface area contributed by atoms with E-state index in [-0.39, 0.29) is 17.7 Å². The van der Waals surface area contributed by atoms with Gasteiger partial charge in [-0.05, 0) is 36.6 Å². The lowest BCUT2D eigenvalue weighted by Gasteiger charge is -2.21. The summed E-state index contributed by atoms with van der Waals surface area (Å²) < 4.78 is 0. The molecular formula is C26H25NO. The van der Waals surface area contributed by atoms with E-state index in [4.69, 9.17) is 0 Å². The zero-order valence-electron chi connectivity index (χ0n) is 16.6. The number of anilines is 1. The van der Waals surface area contributed by atoms with Crippen molar-refractivity contribution >= 4 is 17.7 Å². The molecule has 3 aromatic carbocycles. The van der Waals surface area contributed by atoms with Crippen LogP contribution < -0.4 is 4.90 Å². The summed E-state index contributed by atoms with van der Waals surface area (Å²) in [5, 5.41) is 0. The normalized spacial score (nSPS) is 17.2. The lowest BCUT2D eigenvalue weighted by atomic mass is 9.81. The zero-order chi connectivity index (χ0) is 19.7. The van der Waals surface area contributed by atoms with E-state index >= 15 is 0 Å². The maximum Gasteiger partial charge on any atom is 0.235 e. The molecule has 0 unspecified atom stereocenters. The number of likely N-dealkylation sites (N-methyl/N-ethyl adjacent to an activating group) is 1. The number of rotatable bonds is 4. The van der Waals surface area contributed by atoms with Gasteiger partial charge in [0.25, 0.3) is 0 Å². The standard InChI is InChI=1S/C26H25NO/c1-18-8-12-20(13-9-18)14-17-22(21-15-10-19(2)11-16-21)25-23-6-4-5-7-24(23)27(3)26(25)28/h4-17,22,25H,1-3H3/b17-14+/t22-,25+/m0/s1. The van der Waals surface area contributed by atoms with Gasteiger partial charge in [0.1, 0.15) is 0 Å². The van der Waals surface area contributed by atoms with E-state index in [1.807, 2.05) is 25.2 Å². The van der Waals surface area contributed by atoms with Crippen LogP contribution in [0.1, 0.15) is 39.7 Å². The summed E-state index contributed by atoms with van der Waals surface area (Å²) in [7, 11) is 1.87. The van der Waals surface area contributed by atoms with Crippen molar-refractivity contribution < 1.29 is 4.79 Å². The molecule has 0 bridgehead atoms. The van der Waals surface area contributed by atoms with Crippen LogP contribution in [0.2, 0.25) is 0 Å². The van der Waals surface area contributed by atoms with Crippen molar-refractivity contribution in [2.75, 3.05) is 11.9 Å². The quantitative estimate of drug-likeness (QED) is 0.565. The Labute approximate surface area is 167 Å². The predicted molar refractivity (Wildman–Crippen MR) is 117 cm³/mol. The number of aryl methyl sites for hydroxylation is 2. The molecule has 1 aliphatic heterocycles. The molecule has 3 aromatic rings. The number of carbonyl (C=O) groups excluding carboxylic acids is 1. The second kappa shape index (κ2) is 7.47. The first-order chi connectivity index (χ1) is 13.5. The van der Waals surface area contributed by atoms with Crippen LogP contribution in [0.15, 0.2) is 78.9 Å². The minimum absolute atomic E-state index is 0.0134. The van der Waals surface area contributed by atoms with Crippen molar-refractivity contribution in [2.24, 2.45) is 0 Å². The fourth-order valence-electron chi connectivity index (χ4n) is 3.96. The van der Waals surface area contributed by atoms with Crippen molar-refractivity contribution in [3.05, 3.63) is 107 Å². The Morgan fingerprint density at radius 1 is 0.857 bits per heavy atom. The van der Waals surface area contributed by atoms with Crippen molar-refractivity contribution in [3.63, 3.8) is 0 Å². The van der Waals surface area contributed by atoms with Crippen LogP contribution in [0.25, 0.3) is 6.08 Å². The molecule has 28 heavy (non-hydrogen) atoms. The van der Waals surface area contributed by atoms with Gasteiger partial charge in [0, 0.05) is 18.7 Å². The second-order valence-corrected chi connectivity index (χ2v) is 7.64. The van der Waals surface area contributed by atoms with E-state index < -0.39 is 0 Å². The van der Waals surface area contributed by atoms with Gasteiger partial charge in [-0.25, -0.2) is 0 Å². The number of amides is 1. The minimum atomic E-state index is -0.203. The highest BCUT2D eigenvalue weighted by molar-refractivity contribution is 6.05. The lowest BCUT2D eigenvalue weighted by molar-refractivity contribution is -0.119. The number of nitrogens with zero attached hydrogens (tertiary/aromatic N) is 1. The molecule has 2 atom stereocenters. The summed E-state index contributed by atoms with van der Waals surface area (Å²) in [6.07, 6.45) is 4.33. The van der Waals surface area contributed by atoms with E-state index in [2.05, 4.69) is 80.6 Å². The third kappa shape index (κ3) is 3.38. The average molecular weight is 367 g/mol. The van der Waals surface area contributed by atoms with Gasteiger partial charge < -0.3 is 4.90 Å². The van der Waals surface area contributed by atoms with E-state index in [9.17, 15) is 4.79 Å². The van der Waals surface area contributed by atoms with Crippen LogP contribution in [0.5, 0.6) is 0 Å². The van der Waals surface area contributed by atoms with Crippen LogP contribution in [0.3, 0.4) is 0 Å². The lowest BCUT2D eigenvalue weighted by Crippen LogP contribution is -2.26. The first-order valence-corrected chi connectivity index (χ1v) is 9.72. The molecule has 0 aliphatic carbocycles. The summed E-state index contributed by atoms with van der Waals surface area (Å²) in [4.78, 5) is 15.0. The molecule has 2 heteroatoms. The molecule has 140 valence electrons. The number of hydrogen-bond acceptors (Lipinski definition) is 1. The Morgan fingerprint density at radius 2 is 1.46 bits per heavy atom. The highest BCUT2D eigenvalue weighted by Crippen LogP contribution is 2.45. The molecular weight excluding hydrogens is 342 g/mol. The first kappa shape index (κ1) is 18.2. The molecule has 0 saturated heterocycles. The largest absolute Gasteiger partial charge is 0.315 e. The van der Waals surface area contributed by atoms with Gasteiger partial charge in [0.2, 0.25) is 5.91 Å². The van der Waals surface area contributed by atoms with Crippen molar-refractivity contribution in [1.82, 2.24) is 0 Å². The maximum absolute atomic E-state index is 13.2. The topological polar surface area (TPSA) is 20.3 Å². The van der Waals surface area contributed by atoms with Gasteiger partial charge in [-0.1, -0.05) is 90.0 Å². The van der Waals surface area contributed by atoms with Gasteiger partial charge >= 0.3 is 0 Å². The van der Waals surface area contributed by atoms with Gasteiger partial charge in [0.05, 0.1) is 5.92 Å². The highest BCUT2D eigenvalue weighted by Gasteiger charge is 2.39. The van der Waals surface area contributed by atoms with Crippen molar-refractivity contribution in [1.29, 1.82) is 0 Å². The number of benzene rings is 3. The van der Waals surface area contributed by atoms with Crippen molar-refractivity contribution in [2.45, 2.75) is 25.7 Å². The highest BCUT2D eigenvalue weighted by atomic mass is 16.2. The number of carbonyl (C=O) groups is 1. The average Bonchev–Trinajstić information content (AvgIpc) is 2.96. The van der Waals surface area contributed by atoms with Gasteiger partial charge in [0.15, 0.2) is 0 Å². The summed E-state index contributed by atoms with van der Waals surface area (Å²) in [5.74, 6) is -0.0635. The fourth-order valence-corrected chi connectivity index (χ4v) is 3.96. The van der Waals surface area contributed by atoms with Crippen LogP contribution in [0.4, 0.5) is 5.69 Å². The first-order valence-electron chi connectivity index (χ1n) is 9.72. The Balaban J connectivity index is 1.78. The summed E-state index contributed by atoms with van der Waals surface area (Å²) in [6, 6.07) is 25.1. The summed E-state index contributed by atoms with van der Waals surface area (Å²) >= 11 is 0. The summed E-state index contributed by atoms with van der Waals surface area (Å²) in [6.45, 7) is 4.18. The molecule has 2 nitrogen and oxygen atoms in total. The molecule has 0 saturated carbocycles. The number of allylic oxidation sites excluding steroid dienone is 1. The van der Waals surface area contributed by atoms with E-state index in [0.29, 0.717) is 0 Å².